The average molecular weight is 226 g/mol. The van der Waals surface area contributed by atoms with Crippen LogP contribution >= 0.6 is 0 Å². The maximum Gasteiger partial charge on any atom is 0.405 e. The fraction of sp³-hybridized carbons (Fsp3) is 0.818. The van der Waals surface area contributed by atoms with Crippen molar-refractivity contribution in [3.05, 3.63) is 0 Å². The molecule has 5 heteroatoms. The summed E-state index contributed by atoms with van der Waals surface area (Å²) in [5.74, 6) is 1.00. The molecule has 3 unspecified atom stereocenters. The van der Waals surface area contributed by atoms with Gasteiger partial charge in [-0.25, -0.2) is 4.79 Å². The summed E-state index contributed by atoms with van der Waals surface area (Å²) in [5.41, 5.74) is 4.64. The molecular formula is C11H18N2O3. The number of amides is 2. The fourth-order valence-corrected chi connectivity index (χ4v) is 3.22. The smallest absolute Gasteiger partial charge is 0.405 e. The van der Waals surface area contributed by atoms with Crippen LogP contribution in [0.1, 0.15) is 26.2 Å². The second-order valence-corrected chi connectivity index (χ2v) is 5.19. The van der Waals surface area contributed by atoms with Crippen molar-refractivity contribution in [2.24, 2.45) is 17.6 Å². The van der Waals surface area contributed by atoms with Crippen molar-refractivity contribution in [2.75, 3.05) is 13.1 Å². The highest BCUT2D eigenvalue weighted by molar-refractivity contribution is 5.65. The molecule has 1 saturated carbocycles. The lowest BCUT2D eigenvalue weighted by atomic mass is 9.89. The van der Waals surface area contributed by atoms with Gasteiger partial charge < -0.3 is 15.4 Å². The Hall–Kier alpha value is -1.26. The zero-order chi connectivity index (χ0) is 11.8. The molecular weight excluding hydrogens is 208 g/mol. The van der Waals surface area contributed by atoms with E-state index >= 15 is 0 Å². The quantitative estimate of drug-likeness (QED) is 0.705. The number of nitrogens with two attached hydrogens (primary N) is 1. The van der Waals surface area contributed by atoms with Gasteiger partial charge in [0.15, 0.2) is 0 Å². The highest BCUT2D eigenvalue weighted by Crippen LogP contribution is 2.45. The predicted molar refractivity (Wildman–Crippen MR) is 57.5 cm³/mol. The lowest BCUT2D eigenvalue weighted by Crippen LogP contribution is -2.37. The van der Waals surface area contributed by atoms with Gasteiger partial charge in [0.25, 0.3) is 0 Å². The Bertz CT molecular complexity index is 308. The summed E-state index contributed by atoms with van der Waals surface area (Å²) in [4.78, 5) is 23.3. The Balaban J connectivity index is 2.00. The number of hydrogen-bond acceptors (Lipinski definition) is 3. The van der Waals surface area contributed by atoms with Crippen LogP contribution in [0.4, 0.5) is 4.79 Å². The Kier molecular flexibility index (Phi) is 2.78. The molecule has 90 valence electrons. The van der Waals surface area contributed by atoms with Crippen molar-refractivity contribution in [1.29, 1.82) is 0 Å². The molecule has 0 aromatic carbocycles. The van der Waals surface area contributed by atoms with Gasteiger partial charge in [-0.15, -0.1) is 0 Å². The number of hydrogen-bond donors (Lipinski definition) is 1. The lowest BCUT2D eigenvalue weighted by molar-refractivity contribution is -0.120. The van der Waals surface area contributed by atoms with Crippen LogP contribution in [0, 0.1) is 11.8 Å². The number of primary amides is 1. The summed E-state index contributed by atoms with van der Waals surface area (Å²) >= 11 is 0. The number of nitrogens with zero attached hydrogens (tertiary/aromatic N) is 1. The minimum atomic E-state index is -0.701. The largest absolute Gasteiger partial charge is 0.443 e. The van der Waals surface area contributed by atoms with Crippen LogP contribution in [0.5, 0.6) is 0 Å². The third kappa shape index (κ3) is 2.13. The van der Waals surface area contributed by atoms with Gasteiger partial charge in [-0.2, -0.15) is 0 Å². The van der Waals surface area contributed by atoms with Gasteiger partial charge >= 0.3 is 6.09 Å². The van der Waals surface area contributed by atoms with Gasteiger partial charge in [-0.3, -0.25) is 4.79 Å². The number of likely N-dealkylation sites (tertiary alicyclic amines) is 1. The molecule has 2 fully saturated rings. The first-order valence-electron chi connectivity index (χ1n) is 5.70. The molecule has 1 saturated heterocycles. The van der Waals surface area contributed by atoms with E-state index in [-0.39, 0.29) is 0 Å². The molecule has 2 N–H and O–H groups in total. The molecule has 0 bridgehead atoms. The molecule has 3 atom stereocenters. The molecule has 0 radical (unpaired) electrons. The van der Waals surface area contributed by atoms with Crippen LogP contribution in [0.15, 0.2) is 0 Å². The minimum absolute atomic E-state index is 0.430. The molecule has 2 amide bonds. The molecule has 5 nitrogen and oxygen atoms in total. The van der Waals surface area contributed by atoms with Gasteiger partial charge in [-0.05, 0) is 38.0 Å². The molecule has 1 aliphatic carbocycles. The van der Waals surface area contributed by atoms with Gasteiger partial charge in [0.05, 0.1) is 0 Å². The first-order valence-corrected chi connectivity index (χ1v) is 5.70. The van der Waals surface area contributed by atoms with Crippen molar-refractivity contribution in [3.8, 4) is 0 Å². The van der Waals surface area contributed by atoms with Crippen LogP contribution in [-0.2, 0) is 9.53 Å². The van der Waals surface area contributed by atoms with E-state index in [1.807, 2.05) is 6.92 Å². The molecule has 1 aliphatic heterocycles. The number of ether oxygens (including phenoxy) is 1. The van der Waals surface area contributed by atoms with Crippen molar-refractivity contribution < 1.29 is 14.3 Å². The average Bonchev–Trinajstić information content (AvgIpc) is 2.50. The van der Waals surface area contributed by atoms with Crippen molar-refractivity contribution in [1.82, 2.24) is 4.90 Å². The highest BCUT2D eigenvalue weighted by atomic mass is 16.6. The fourth-order valence-electron chi connectivity index (χ4n) is 3.22. The molecule has 2 rings (SSSR count). The summed E-state index contributed by atoms with van der Waals surface area (Å²) in [7, 11) is 0. The van der Waals surface area contributed by atoms with Crippen LogP contribution in [0.25, 0.3) is 0 Å². The minimum Gasteiger partial charge on any atom is -0.443 e. The third-order valence-corrected chi connectivity index (χ3v) is 3.81. The van der Waals surface area contributed by atoms with Crippen molar-refractivity contribution in [3.63, 3.8) is 0 Å². The number of carbonyl (C=O) groups is 2. The van der Waals surface area contributed by atoms with Gasteiger partial charge in [0.2, 0.25) is 6.41 Å². The normalized spacial score (nSPS) is 37.9. The molecule has 2 aliphatic rings. The summed E-state index contributed by atoms with van der Waals surface area (Å²) in [6, 6.07) is 0. The summed E-state index contributed by atoms with van der Waals surface area (Å²) in [5, 5.41) is 0. The van der Waals surface area contributed by atoms with E-state index in [0.29, 0.717) is 11.8 Å². The zero-order valence-corrected chi connectivity index (χ0v) is 9.52. The highest BCUT2D eigenvalue weighted by Gasteiger charge is 2.46. The van der Waals surface area contributed by atoms with Gasteiger partial charge in [-0.1, -0.05) is 0 Å². The van der Waals surface area contributed by atoms with Crippen LogP contribution in [0.2, 0.25) is 0 Å². The van der Waals surface area contributed by atoms with Crippen molar-refractivity contribution in [2.45, 2.75) is 31.8 Å². The van der Waals surface area contributed by atoms with Gasteiger partial charge in [0, 0.05) is 13.1 Å². The maximum atomic E-state index is 10.8. The Labute approximate surface area is 94.9 Å². The molecule has 1 heterocycles. The van der Waals surface area contributed by atoms with E-state index in [2.05, 4.69) is 0 Å². The summed E-state index contributed by atoms with van der Waals surface area (Å²) in [6.45, 7) is 3.53. The van der Waals surface area contributed by atoms with Crippen LogP contribution in [-0.4, -0.2) is 36.1 Å². The molecule has 0 spiro atoms. The van der Waals surface area contributed by atoms with Crippen LogP contribution in [0.3, 0.4) is 0 Å². The first kappa shape index (κ1) is 11.2. The van der Waals surface area contributed by atoms with E-state index in [4.69, 9.17) is 10.5 Å². The van der Waals surface area contributed by atoms with E-state index < -0.39 is 11.7 Å². The summed E-state index contributed by atoms with van der Waals surface area (Å²) < 4.78 is 5.19. The standard InChI is InChI=1S/C11H18N2O3/c1-11(16-10(12)15)4-8-2-3-13(7-14)6-9(8)5-11/h7-9H,2-6H2,1H3,(H2,12,15). The second-order valence-electron chi connectivity index (χ2n) is 5.19. The summed E-state index contributed by atoms with van der Waals surface area (Å²) in [6.07, 6.45) is 2.88. The predicted octanol–water partition coefficient (Wildman–Crippen LogP) is 0.729. The SMILES string of the molecule is CC1(OC(N)=O)CC2CCN(C=O)CC2C1. The Morgan fingerprint density at radius 2 is 2.19 bits per heavy atom. The first-order chi connectivity index (χ1) is 7.52. The third-order valence-electron chi connectivity index (χ3n) is 3.81. The number of piperidine rings is 1. The zero-order valence-electron chi connectivity index (χ0n) is 9.52. The van der Waals surface area contributed by atoms with Gasteiger partial charge in [0.1, 0.15) is 5.60 Å². The monoisotopic (exact) mass is 226 g/mol. The van der Waals surface area contributed by atoms with E-state index in [9.17, 15) is 9.59 Å². The Morgan fingerprint density at radius 1 is 1.50 bits per heavy atom. The van der Waals surface area contributed by atoms with Crippen LogP contribution < -0.4 is 5.73 Å². The lowest BCUT2D eigenvalue weighted by Gasteiger charge is -2.32. The van der Waals surface area contributed by atoms with E-state index in [1.54, 1.807) is 4.90 Å². The van der Waals surface area contributed by atoms with E-state index in [0.717, 1.165) is 38.8 Å². The molecule has 0 aromatic rings. The van der Waals surface area contributed by atoms with Crippen molar-refractivity contribution >= 4 is 12.5 Å². The van der Waals surface area contributed by atoms with E-state index in [1.165, 1.54) is 0 Å². The molecule has 0 aromatic heterocycles. The second kappa shape index (κ2) is 3.96. The Morgan fingerprint density at radius 3 is 2.81 bits per heavy atom. The number of rotatable bonds is 2. The molecule has 16 heavy (non-hydrogen) atoms. The maximum absolute atomic E-state index is 10.8. The number of carbonyl (C=O) groups excluding carboxylic acids is 2. The number of fused-ring (bicyclic) bond motifs is 1. The topological polar surface area (TPSA) is 72.6 Å².